The van der Waals surface area contributed by atoms with E-state index in [1.807, 2.05) is 0 Å². The Morgan fingerprint density at radius 3 is 2.76 bits per heavy atom. The lowest BCUT2D eigenvalue weighted by atomic mass is 10.3. The quantitative estimate of drug-likeness (QED) is 0.826. The first-order valence-corrected chi connectivity index (χ1v) is 6.96. The van der Waals surface area contributed by atoms with Crippen molar-refractivity contribution in [3.8, 4) is 0 Å². The Morgan fingerprint density at radius 2 is 2.18 bits per heavy atom. The second-order valence-corrected chi connectivity index (χ2v) is 6.07. The Kier molecular flexibility index (Phi) is 3.58. The molecule has 1 heterocycles. The number of sulfonamides is 1. The molecular weight excluding hydrogens is 264 g/mol. The van der Waals surface area contributed by atoms with Crippen molar-refractivity contribution in [3.63, 3.8) is 0 Å². The summed E-state index contributed by atoms with van der Waals surface area (Å²) in [4.78, 5) is 0.0684. The average molecular weight is 277 g/mol. The van der Waals surface area contributed by atoms with Gasteiger partial charge in [0.15, 0.2) is 0 Å². The van der Waals surface area contributed by atoms with Gasteiger partial charge in [-0.05, 0) is 24.6 Å². The highest BCUT2D eigenvalue weighted by atomic mass is 35.5. The van der Waals surface area contributed by atoms with Gasteiger partial charge in [-0.25, -0.2) is 8.42 Å². The third kappa shape index (κ3) is 2.55. The smallest absolute Gasteiger partial charge is 0.246 e. The zero-order valence-electron chi connectivity index (χ0n) is 9.10. The summed E-state index contributed by atoms with van der Waals surface area (Å²) in [6.07, 6.45) is 0.686. The maximum atomic E-state index is 12.2. The lowest BCUT2D eigenvalue weighted by molar-refractivity contribution is 0.0313. The van der Waals surface area contributed by atoms with Crippen LogP contribution in [0.4, 0.5) is 5.69 Å². The highest BCUT2D eigenvalue weighted by Crippen LogP contribution is 2.27. The molecule has 1 fully saturated rings. The second-order valence-electron chi connectivity index (χ2n) is 3.76. The number of hydrogen-bond donors (Lipinski definition) is 1. The summed E-state index contributed by atoms with van der Waals surface area (Å²) in [6, 6.07) is 4.37. The highest BCUT2D eigenvalue weighted by molar-refractivity contribution is 7.89. The SMILES string of the molecule is Nc1ccc(S(=O)(=O)N2CCCOC2)c(Cl)c1. The molecule has 0 amide bonds. The third-order valence-electron chi connectivity index (χ3n) is 2.51. The van der Waals surface area contributed by atoms with Crippen LogP contribution in [0.5, 0.6) is 0 Å². The third-order valence-corrected chi connectivity index (χ3v) is 4.81. The summed E-state index contributed by atoms with van der Waals surface area (Å²) in [6.45, 7) is 1.10. The first-order chi connectivity index (χ1) is 8.01. The van der Waals surface area contributed by atoms with Crippen molar-refractivity contribution in [1.82, 2.24) is 4.31 Å². The number of rotatable bonds is 2. The maximum absolute atomic E-state index is 12.2. The standard InChI is InChI=1S/C10H13ClN2O3S/c11-9-6-8(12)2-3-10(9)17(14,15)13-4-1-5-16-7-13/h2-3,6H,1,4-5,7,12H2. The Bertz CT molecular complexity index is 512. The normalized spacial score (nSPS) is 18.2. The maximum Gasteiger partial charge on any atom is 0.246 e. The van der Waals surface area contributed by atoms with Crippen molar-refractivity contribution >= 4 is 27.3 Å². The van der Waals surface area contributed by atoms with Gasteiger partial charge in [-0.2, -0.15) is 4.31 Å². The van der Waals surface area contributed by atoms with Gasteiger partial charge in [0.05, 0.1) is 5.02 Å². The molecule has 1 aliphatic rings. The molecule has 1 aliphatic heterocycles. The molecule has 0 aliphatic carbocycles. The number of halogens is 1. The molecule has 17 heavy (non-hydrogen) atoms. The Labute approximate surface area is 105 Å². The van der Waals surface area contributed by atoms with E-state index in [0.29, 0.717) is 25.3 Å². The van der Waals surface area contributed by atoms with E-state index in [1.165, 1.54) is 22.5 Å². The molecule has 0 unspecified atom stereocenters. The van der Waals surface area contributed by atoms with Gasteiger partial charge in [-0.1, -0.05) is 11.6 Å². The molecule has 0 radical (unpaired) electrons. The number of ether oxygens (including phenoxy) is 1. The molecule has 0 spiro atoms. The monoisotopic (exact) mass is 276 g/mol. The molecular formula is C10H13ClN2O3S. The zero-order chi connectivity index (χ0) is 12.5. The number of nitrogens with two attached hydrogens (primary N) is 1. The van der Waals surface area contributed by atoms with Crippen LogP contribution in [0.1, 0.15) is 6.42 Å². The number of hydrogen-bond acceptors (Lipinski definition) is 4. The summed E-state index contributed by atoms with van der Waals surface area (Å²) in [5.74, 6) is 0. The van der Waals surface area contributed by atoms with E-state index < -0.39 is 10.0 Å². The summed E-state index contributed by atoms with van der Waals surface area (Å²) >= 11 is 5.91. The number of nitrogens with zero attached hydrogens (tertiary/aromatic N) is 1. The van der Waals surface area contributed by atoms with Gasteiger partial charge in [0, 0.05) is 18.8 Å². The Morgan fingerprint density at radius 1 is 1.41 bits per heavy atom. The molecule has 0 saturated carbocycles. The van der Waals surface area contributed by atoms with Crippen LogP contribution < -0.4 is 5.73 Å². The minimum absolute atomic E-state index is 0.0684. The molecule has 1 aromatic carbocycles. The van der Waals surface area contributed by atoms with Crippen molar-refractivity contribution in [3.05, 3.63) is 23.2 Å². The molecule has 0 atom stereocenters. The van der Waals surface area contributed by atoms with Crippen LogP contribution in [-0.2, 0) is 14.8 Å². The molecule has 1 aromatic rings. The minimum atomic E-state index is -3.59. The average Bonchev–Trinajstić information content (AvgIpc) is 2.29. The van der Waals surface area contributed by atoms with Crippen molar-refractivity contribution in [2.75, 3.05) is 25.6 Å². The molecule has 7 heteroatoms. The van der Waals surface area contributed by atoms with Crippen molar-refractivity contribution < 1.29 is 13.2 Å². The van der Waals surface area contributed by atoms with Gasteiger partial charge in [0.2, 0.25) is 10.0 Å². The van der Waals surface area contributed by atoms with Gasteiger partial charge < -0.3 is 10.5 Å². The number of nitrogen functional groups attached to an aromatic ring is 1. The summed E-state index contributed by atoms with van der Waals surface area (Å²) in [5.41, 5.74) is 5.97. The predicted molar refractivity (Wildman–Crippen MR) is 65.2 cm³/mol. The van der Waals surface area contributed by atoms with Crippen molar-refractivity contribution in [2.45, 2.75) is 11.3 Å². The lowest BCUT2D eigenvalue weighted by Crippen LogP contribution is -2.38. The fraction of sp³-hybridized carbons (Fsp3) is 0.400. The van der Waals surface area contributed by atoms with E-state index in [4.69, 9.17) is 22.1 Å². The fourth-order valence-electron chi connectivity index (χ4n) is 1.63. The van der Waals surface area contributed by atoms with Gasteiger partial charge in [0.1, 0.15) is 11.6 Å². The van der Waals surface area contributed by atoms with Crippen LogP contribution in [0.3, 0.4) is 0 Å². The topological polar surface area (TPSA) is 72.6 Å². The van der Waals surface area contributed by atoms with Crippen LogP contribution in [0.15, 0.2) is 23.1 Å². The fourth-order valence-corrected chi connectivity index (χ4v) is 3.52. The first kappa shape index (κ1) is 12.6. The van der Waals surface area contributed by atoms with Gasteiger partial charge in [-0.3, -0.25) is 0 Å². The molecule has 5 nitrogen and oxygen atoms in total. The van der Waals surface area contributed by atoms with Crippen LogP contribution in [0.2, 0.25) is 5.02 Å². The lowest BCUT2D eigenvalue weighted by Gasteiger charge is -2.26. The second kappa shape index (κ2) is 4.81. The van der Waals surface area contributed by atoms with E-state index in [-0.39, 0.29) is 16.6 Å². The minimum Gasteiger partial charge on any atom is -0.399 e. The number of anilines is 1. The molecule has 94 valence electrons. The predicted octanol–water partition coefficient (Wildman–Crippen LogP) is 1.29. The van der Waals surface area contributed by atoms with Gasteiger partial charge in [-0.15, -0.1) is 0 Å². The summed E-state index contributed by atoms with van der Waals surface area (Å²) < 4.78 is 30.9. The molecule has 0 aromatic heterocycles. The Hall–Kier alpha value is -0.820. The van der Waals surface area contributed by atoms with E-state index in [0.717, 1.165) is 0 Å². The van der Waals surface area contributed by atoms with E-state index in [9.17, 15) is 8.42 Å². The van der Waals surface area contributed by atoms with Crippen molar-refractivity contribution in [2.24, 2.45) is 0 Å². The highest BCUT2D eigenvalue weighted by Gasteiger charge is 2.28. The molecule has 1 saturated heterocycles. The van der Waals surface area contributed by atoms with Crippen LogP contribution in [0, 0.1) is 0 Å². The Balaban J connectivity index is 2.37. The summed E-state index contributed by atoms with van der Waals surface area (Å²) in [5, 5.41) is 0.135. The van der Waals surface area contributed by atoms with E-state index in [1.54, 1.807) is 0 Å². The van der Waals surface area contributed by atoms with Crippen LogP contribution >= 0.6 is 11.6 Å². The van der Waals surface area contributed by atoms with Gasteiger partial charge >= 0.3 is 0 Å². The first-order valence-electron chi connectivity index (χ1n) is 5.15. The zero-order valence-corrected chi connectivity index (χ0v) is 10.7. The number of benzene rings is 1. The van der Waals surface area contributed by atoms with Crippen molar-refractivity contribution in [1.29, 1.82) is 0 Å². The summed E-state index contributed by atoms with van der Waals surface area (Å²) in [7, 11) is -3.59. The molecule has 2 N–H and O–H groups in total. The van der Waals surface area contributed by atoms with E-state index in [2.05, 4.69) is 0 Å². The van der Waals surface area contributed by atoms with Crippen LogP contribution in [-0.4, -0.2) is 32.6 Å². The van der Waals surface area contributed by atoms with E-state index >= 15 is 0 Å². The molecule has 0 bridgehead atoms. The van der Waals surface area contributed by atoms with Gasteiger partial charge in [0.25, 0.3) is 0 Å². The van der Waals surface area contributed by atoms with Crippen LogP contribution in [0.25, 0.3) is 0 Å². The molecule has 2 rings (SSSR count). The largest absolute Gasteiger partial charge is 0.399 e.